The summed E-state index contributed by atoms with van der Waals surface area (Å²) in [7, 11) is 1.93. The Bertz CT molecular complexity index is 875. The third kappa shape index (κ3) is 4.64. The maximum atomic E-state index is 12.5. The van der Waals surface area contributed by atoms with Gasteiger partial charge in [-0.15, -0.1) is 0 Å². The van der Waals surface area contributed by atoms with E-state index >= 15 is 0 Å². The molecule has 0 spiro atoms. The minimum Gasteiger partial charge on any atom is -0.488 e. The molecule has 3 aromatic rings. The van der Waals surface area contributed by atoms with Crippen molar-refractivity contribution in [3.05, 3.63) is 82.9 Å². The molecular formula is C20H20ClN3O2. The Morgan fingerprint density at radius 3 is 2.69 bits per heavy atom. The number of benzene rings is 2. The van der Waals surface area contributed by atoms with Gasteiger partial charge in [0.15, 0.2) is 0 Å². The van der Waals surface area contributed by atoms with E-state index in [1.54, 1.807) is 18.3 Å². The van der Waals surface area contributed by atoms with Crippen LogP contribution in [0.1, 0.15) is 21.7 Å². The SMILES string of the molecule is Cn1ccnc1CCNC(=O)c1ccccc1OCc1ccc(Cl)cc1. The first-order valence-electron chi connectivity index (χ1n) is 8.34. The Morgan fingerprint density at radius 2 is 1.96 bits per heavy atom. The molecule has 134 valence electrons. The largest absolute Gasteiger partial charge is 0.488 e. The Kier molecular flexibility index (Phi) is 5.92. The van der Waals surface area contributed by atoms with Gasteiger partial charge in [-0.2, -0.15) is 0 Å². The summed E-state index contributed by atoms with van der Waals surface area (Å²) in [4.78, 5) is 16.7. The fourth-order valence-corrected chi connectivity index (χ4v) is 2.67. The van der Waals surface area contributed by atoms with Gasteiger partial charge < -0.3 is 14.6 Å². The van der Waals surface area contributed by atoms with E-state index in [-0.39, 0.29) is 5.91 Å². The normalized spacial score (nSPS) is 10.5. The predicted molar refractivity (Wildman–Crippen MR) is 101 cm³/mol. The van der Waals surface area contributed by atoms with Gasteiger partial charge in [-0.1, -0.05) is 35.9 Å². The van der Waals surface area contributed by atoms with Gasteiger partial charge in [0.05, 0.1) is 5.56 Å². The molecule has 1 heterocycles. The smallest absolute Gasteiger partial charge is 0.255 e. The molecule has 26 heavy (non-hydrogen) atoms. The highest BCUT2D eigenvalue weighted by Crippen LogP contribution is 2.20. The van der Waals surface area contributed by atoms with Crippen LogP contribution in [0.3, 0.4) is 0 Å². The number of para-hydroxylation sites is 1. The number of aromatic nitrogens is 2. The summed E-state index contributed by atoms with van der Waals surface area (Å²) in [5.41, 5.74) is 1.50. The van der Waals surface area contributed by atoms with Crippen LogP contribution in [0.25, 0.3) is 0 Å². The molecule has 0 atom stereocenters. The zero-order valence-corrected chi connectivity index (χ0v) is 15.2. The highest BCUT2D eigenvalue weighted by Gasteiger charge is 2.12. The average molecular weight is 370 g/mol. The molecule has 6 heteroatoms. The van der Waals surface area contributed by atoms with Gasteiger partial charge in [-0.05, 0) is 29.8 Å². The quantitative estimate of drug-likeness (QED) is 0.692. The second-order valence-corrected chi connectivity index (χ2v) is 6.31. The monoisotopic (exact) mass is 369 g/mol. The van der Waals surface area contributed by atoms with Gasteiger partial charge in [0, 0.05) is 37.4 Å². The number of nitrogens with zero attached hydrogens (tertiary/aromatic N) is 2. The summed E-state index contributed by atoms with van der Waals surface area (Å²) in [6, 6.07) is 14.7. The number of ether oxygens (including phenoxy) is 1. The molecule has 0 unspecified atom stereocenters. The van der Waals surface area contributed by atoms with E-state index in [0.29, 0.717) is 35.9 Å². The number of aryl methyl sites for hydroxylation is 1. The Hall–Kier alpha value is -2.79. The molecule has 0 bridgehead atoms. The van der Waals surface area contributed by atoms with Gasteiger partial charge in [-0.25, -0.2) is 4.98 Å². The van der Waals surface area contributed by atoms with Crippen LogP contribution in [-0.2, 0) is 20.1 Å². The zero-order valence-electron chi connectivity index (χ0n) is 14.5. The first-order chi connectivity index (χ1) is 12.6. The molecule has 1 amide bonds. The van der Waals surface area contributed by atoms with Gasteiger partial charge in [0.2, 0.25) is 0 Å². The van der Waals surface area contributed by atoms with Crippen LogP contribution in [0.15, 0.2) is 60.9 Å². The number of rotatable bonds is 7. The number of halogens is 1. The van der Waals surface area contributed by atoms with E-state index in [4.69, 9.17) is 16.3 Å². The lowest BCUT2D eigenvalue weighted by Crippen LogP contribution is -2.26. The number of imidazole rings is 1. The Labute approximate surface area is 157 Å². The molecule has 0 aliphatic carbocycles. The molecule has 3 rings (SSSR count). The molecule has 0 aliphatic rings. The van der Waals surface area contributed by atoms with Crippen LogP contribution in [-0.4, -0.2) is 22.0 Å². The number of hydrogen-bond acceptors (Lipinski definition) is 3. The molecular weight excluding hydrogens is 350 g/mol. The highest BCUT2D eigenvalue weighted by atomic mass is 35.5. The molecule has 0 saturated heterocycles. The lowest BCUT2D eigenvalue weighted by Gasteiger charge is -2.12. The fourth-order valence-electron chi connectivity index (χ4n) is 2.54. The summed E-state index contributed by atoms with van der Waals surface area (Å²) < 4.78 is 7.77. The predicted octanol–water partition coefficient (Wildman–Crippen LogP) is 3.63. The maximum Gasteiger partial charge on any atom is 0.255 e. The van der Waals surface area contributed by atoms with Crippen LogP contribution in [0.4, 0.5) is 0 Å². The summed E-state index contributed by atoms with van der Waals surface area (Å²) in [5, 5.41) is 3.60. The van der Waals surface area contributed by atoms with Crippen molar-refractivity contribution in [2.24, 2.45) is 7.05 Å². The summed E-state index contributed by atoms with van der Waals surface area (Å²) in [5.74, 6) is 1.32. The van der Waals surface area contributed by atoms with Gasteiger partial charge >= 0.3 is 0 Å². The van der Waals surface area contributed by atoms with Crippen molar-refractivity contribution in [1.82, 2.24) is 14.9 Å². The molecule has 0 fully saturated rings. The molecule has 1 aromatic heterocycles. The molecule has 0 aliphatic heterocycles. The number of hydrogen-bond donors (Lipinski definition) is 1. The standard InChI is InChI=1S/C20H20ClN3O2/c1-24-13-12-22-19(24)10-11-23-20(25)17-4-2-3-5-18(17)26-14-15-6-8-16(21)9-7-15/h2-9,12-13H,10-11,14H2,1H3,(H,23,25). The van der Waals surface area contributed by atoms with Crippen molar-refractivity contribution >= 4 is 17.5 Å². The Balaban J connectivity index is 1.59. The average Bonchev–Trinajstić information content (AvgIpc) is 3.06. The van der Waals surface area contributed by atoms with Crippen LogP contribution in [0.2, 0.25) is 5.02 Å². The summed E-state index contributed by atoms with van der Waals surface area (Å²) in [6.45, 7) is 0.879. The maximum absolute atomic E-state index is 12.5. The van der Waals surface area contributed by atoms with E-state index in [1.165, 1.54) is 0 Å². The third-order valence-electron chi connectivity index (χ3n) is 3.99. The van der Waals surface area contributed by atoms with E-state index in [0.717, 1.165) is 11.4 Å². The van der Waals surface area contributed by atoms with E-state index < -0.39 is 0 Å². The minimum atomic E-state index is -0.161. The van der Waals surface area contributed by atoms with E-state index in [1.807, 2.05) is 54.2 Å². The second kappa shape index (κ2) is 8.54. The third-order valence-corrected chi connectivity index (χ3v) is 4.25. The second-order valence-electron chi connectivity index (χ2n) is 5.87. The topological polar surface area (TPSA) is 56.2 Å². The van der Waals surface area contributed by atoms with Crippen LogP contribution < -0.4 is 10.1 Å². The van der Waals surface area contributed by atoms with Crippen molar-refractivity contribution in [3.63, 3.8) is 0 Å². The van der Waals surface area contributed by atoms with Crippen molar-refractivity contribution in [1.29, 1.82) is 0 Å². The number of amides is 1. The van der Waals surface area contributed by atoms with Crippen molar-refractivity contribution in [2.45, 2.75) is 13.0 Å². The number of nitrogens with one attached hydrogen (secondary N) is 1. The van der Waals surface area contributed by atoms with Crippen molar-refractivity contribution < 1.29 is 9.53 Å². The van der Waals surface area contributed by atoms with Crippen molar-refractivity contribution in [2.75, 3.05) is 6.54 Å². The molecule has 5 nitrogen and oxygen atoms in total. The summed E-state index contributed by atoms with van der Waals surface area (Å²) in [6.07, 6.45) is 4.30. The highest BCUT2D eigenvalue weighted by molar-refractivity contribution is 6.30. The summed E-state index contributed by atoms with van der Waals surface area (Å²) >= 11 is 5.89. The van der Waals surface area contributed by atoms with E-state index in [2.05, 4.69) is 10.3 Å². The van der Waals surface area contributed by atoms with Crippen LogP contribution in [0, 0.1) is 0 Å². The Morgan fingerprint density at radius 1 is 1.19 bits per heavy atom. The van der Waals surface area contributed by atoms with Gasteiger partial charge in [-0.3, -0.25) is 4.79 Å². The molecule has 0 radical (unpaired) electrons. The minimum absolute atomic E-state index is 0.161. The van der Waals surface area contributed by atoms with Gasteiger partial charge in [0.1, 0.15) is 18.2 Å². The van der Waals surface area contributed by atoms with Crippen LogP contribution in [0.5, 0.6) is 5.75 Å². The molecule has 0 saturated carbocycles. The lowest BCUT2D eigenvalue weighted by atomic mass is 10.2. The number of carbonyl (C=O) groups is 1. The first-order valence-corrected chi connectivity index (χ1v) is 8.72. The molecule has 1 N–H and O–H groups in total. The molecule has 2 aromatic carbocycles. The van der Waals surface area contributed by atoms with Crippen LogP contribution >= 0.6 is 11.6 Å². The zero-order chi connectivity index (χ0) is 18.4. The lowest BCUT2D eigenvalue weighted by molar-refractivity contribution is 0.0949. The van der Waals surface area contributed by atoms with Crippen molar-refractivity contribution in [3.8, 4) is 5.75 Å². The number of carbonyl (C=O) groups excluding carboxylic acids is 1. The van der Waals surface area contributed by atoms with Gasteiger partial charge in [0.25, 0.3) is 5.91 Å². The first kappa shape index (κ1) is 18.0. The fraction of sp³-hybridized carbons (Fsp3) is 0.200. The van der Waals surface area contributed by atoms with E-state index in [9.17, 15) is 4.79 Å².